The Kier molecular flexibility index (Phi) is 3.81. The maximum absolute atomic E-state index is 5.49. The lowest BCUT2D eigenvalue weighted by atomic mass is 10.0. The average Bonchev–Trinajstić information content (AvgIpc) is 2.40. The smallest absolute Gasteiger partial charge is 0.162 e. The first-order valence-electron chi connectivity index (χ1n) is 6.44. The second-order valence-electron chi connectivity index (χ2n) is 5.12. The first-order valence-corrected chi connectivity index (χ1v) is 6.44. The molecule has 1 heterocycles. The number of hydrazine groups is 1. The zero-order valence-electron chi connectivity index (χ0n) is 11.9. The van der Waals surface area contributed by atoms with Crippen LogP contribution in [0.5, 0.6) is 0 Å². The summed E-state index contributed by atoms with van der Waals surface area (Å²) < 4.78 is 0. The van der Waals surface area contributed by atoms with E-state index in [1.165, 1.54) is 5.56 Å². The molecule has 4 nitrogen and oxygen atoms in total. The van der Waals surface area contributed by atoms with Crippen molar-refractivity contribution in [3.05, 3.63) is 41.1 Å². The predicted octanol–water partition coefficient (Wildman–Crippen LogP) is 3.17. The van der Waals surface area contributed by atoms with Crippen molar-refractivity contribution < 1.29 is 0 Å². The summed E-state index contributed by atoms with van der Waals surface area (Å²) in [5.74, 6) is 7.20. The van der Waals surface area contributed by atoms with Gasteiger partial charge in [-0.3, -0.25) is 0 Å². The Morgan fingerprint density at radius 3 is 2.47 bits per heavy atom. The topological polar surface area (TPSA) is 63.8 Å². The molecule has 3 N–H and O–H groups in total. The number of anilines is 1. The van der Waals surface area contributed by atoms with Gasteiger partial charge < -0.3 is 5.43 Å². The molecule has 0 aliphatic heterocycles. The highest BCUT2D eigenvalue weighted by Gasteiger charge is 2.11. The molecule has 0 atom stereocenters. The molecule has 100 valence electrons. The van der Waals surface area contributed by atoms with Crippen LogP contribution in [-0.4, -0.2) is 9.97 Å². The van der Waals surface area contributed by atoms with Crippen molar-refractivity contribution in [2.24, 2.45) is 5.84 Å². The van der Waals surface area contributed by atoms with E-state index < -0.39 is 0 Å². The molecule has 0 amide bonds. The molecule has 0 bridgehead atoms. The van der Waals surface area contributed by atoms with Crippen LogP contribution in [0.3, 0.4) is 0 Å². The molecule has 0 aliphatic rings. The Hall–Kier alpha value is -1.94. The van der Waals surface area contributed by atoms with Gasteiger partial charge in [0.05, 0.1) is 0 Å². The van der Waals surface area contributed by atoms with Crippen LogP contribution in [0.2, 0.25) is 0 Å². The van der Waals surface area contributed by atoms with Crippen LogP contribution in [0.1, 0.15) is 36.6 Å². The van der Waals surface area contributed by atoms with Crippen molar-refractivity contribution in [1.29, 1.82) is 0 Å². The molecule has 2 aromatic rings. The van der Waals surface area contributed by atoms with Crippen LogP contribution >= 0.6 is 0 Å². The second kappa shape index (κ2) is 5.36. The molecular formula is C15H20N4. The maximum Gasteiger partial charge on any atom is 0.162 e. The van der Waals surface area contributed by atoms with E-state index >= 15 is 0 Å². The highest BCUT2D eigenvalue weighted by molar-refractivity contribution is 5.62. The summed E-state index contributed by atoms with van der Waals surface area (Å²) in [7, 11) is 0. The van der Waals surface area contributed by atoms with Gasteiger partial charge in [0, 0.05) is 17.3 Å². The van der Waals surface area contributed by atoms with E-state index in [4.69, 9.17) is 5.84 Å². The SMILES string of the molecule is Cc1ccc(C)c(-c2nc(NN)cc(C(C)C)n2)c1. The predicted molar refractivity (Wildman–Crippen MR) is 78.8 cm³/mol. The summed E-state index contributed by atoms with van der Waals surface area (Å²) in [6, 6.07) is 8.17. The Bertz CT molecular complexity index is 591. The number of rotatable bonds is 3. The lowest BCUT2D eigenvalue weighted by Gasteiger charge is -2.12. The third-order valence-electron chi connectivity index (χ3n) is 3.12. The molecule has 19 heavy (non-hydrogen) atoms. The van der Waals surface area contributed by atoms with E-state index in [1.807, 2.05) is 6.07 Å². The minimum Gasteiger partial charge on any atom is -0.308 e. The van der Waals surface area contributed by atoms with Crippen molar-refractivity contribution in [3.8, 4) is 11.4 Å². The molecule has 1 aromatic carbocycles. The number of aromatic nitrogens is 2. The number of hydrogen-bond donors (Lipinski definition) is 2. The quantitative estimate of drug-likeness (QED) is 0.654. The van der Waals surface area contributed by atoms with Gasteiger partial charge in [-0.05, 0) is 31.4 Å². The summed E-state index contributed by atoms with van der Waals surface area (Å²) in [4.78, 5) is 9.11. The van der Waals surface area contributed by atoms with Crippen LogP contribution in [-0.2, 0) is 0 Å². The fourth-order valence-corrected chi connectivity index (χ4v) is 1.93. The van der Waals surface area contributed by atoms with Gasteiger partial charge in [-0.15, -0.1) is 0 Å². The highest BCUT2D eigenvalue weighted by Crippen LogP contribution is 2.25. The number of nitrogens with two attached hydrogens (primary N) is 1. The van der Waals surface area contributed by atoms with Gasteiger partial charge in [0.25, 0.3) is 0 Å². The van der Waals surface area contributed by atoms with Crippen molar-refractivity contribution in [2.75, 3.05) is 5.43 Å². The number of aryl methyl sites for hydroxylation is 2. The Morgan fingerprint density at radius 2 is 1.84 bits per heavy atom. The summed E-state index contributed by atoms with van der Waals surface area (Å²) in [5.41, 5.74) is 7.01. The Labute approximate surface area is 114 Å². The van der Waals surface area contributed by atoms with Crippen LogP contribution in [0.15, 0.2) is 24.3 Å². The van der Waals surface area contributed by atoms with E-state index in [2.05, 4.69) is 61.3 Å². The zero-order chi connectivity index (χ0) is 14.0. The van der Waals surface area contributed by atoms with Gasteiger partial charge in [-0.2, -0.15) is 0 Å². The van der Waals surface area contributed by atoms with E-state index in [0.29, 0.717) is 11.7 Å². The van der Waals surface area contributed by atoms with E-state index in [-0.39, 0.29) is 0 Å². The first kappa shape index (κ1) is 13.5. The molecule has 0 spiro atoms. The number of nitrogen functional groups attached to an aromatic ring is 1. The van der Waals surface area contributed by atoms with Crippen molar-refractivity contribution in [3.63, 3.8) is 0 Å². The monoisotopic (exact) mass is 256 g/mol. The fourth-order valence-electron chi connectivity index (χ4n) is 1.93. The summed E-state index contributed by atoms with van der Waals surface area (Å²) >= 11 is 0. The molecule has 0 unspecified atom stereocenters. The molecule has 0 radical (unpaired) electrons. The number of benzene rings is 1. The van der Waals surface area contributed by atoms with Gasteiger partial charge in [-0.1, -0.05) is 31.5 Å². The van der Waals surface area contributed by atoms with Crippen LogP contribution < -0.4 is 11.3 Å². The fraction of sp³-hybridized carbons (Fsp3) is 0.333. The number of nitrogens with zero attached hydrogens (tertiary/aromatic N) is 2. The third kappa shape index (κ3) is 2.90. The minimum absolute atomic E-state index is 0.332. The molecule has 0 saturated heterocycles. The minimum atomic E-state index is 0.332. The van der Waals surface area contributed by atoms with Gasteiger partial charge >= 0.3 is 0 Å². The van der Waals surface area contributed by atoms with Crippen molar-refractivity contribution >= 4 is 5.82 Å². The van der Waals surface area contributed by atoms with E-state index in [0.717, 1.165) is 22.6 Å². The molecule has 0 fully saturated rings. The Balaban J connectivity index is 2.60. The third-order valence-corrected chi connectivity index (χ3v) is 3.12. The average molecular weight is 256 g/mol. The van der Waals surface area contributed by atoms with Crippen LogP contribution in [0, 0.1) is 13.8 Å². The van der Waals surface area contributed by atoms with Crippen LogP contribution in [0.4, 0.5) is 5.82 Å². The lowest BCUT2D eigenvalue weighted by Crippen LogP contribution is -2.11. The lowest BCUT2D eigenvalue weighted by molar-refractivity contribution is 0.817. The van der Waals surface area contributed by atoms with E-state index in [1.54, 1.807) is 0 Å². The zero-order valence-corrected chi connectivity index (χ0v) is 11.9. The summed E-state index contributed by atoms with van der Waals surface area (Å²) in [5, 5.41) is 0. The summed E-state index contributed by atoms with van der Waals surface area (Å²) in [6.07, 6.45) is 0. The summed E-state index contributed by atoms with van der Waals surface area (Å²) in [6.45, 7) is 8.35. The normalized spacial score (nSPS) is 10.8. The highest BCUT2D eigenvalue weighted by atomic mass is 15.3. The van der Waals surface area contributed by atoms with Gasteiger partial charge in [0.1, 0.15) is 5.82 Å². The van der Waals surface area contributed by atoms with Gasteiger partial charge in [0.2, 0.25) is 0 Å². The molecule has 0 saturated carbocycles. The standard InChI is InChI=1S/C15H20N4/c1-9(2)13-8-14(19-16)18-15(17-13)12-7-10(3)5-6-11(12)4/h5-9H,16H2,1-4H3,(H,17,18,19). The van der Waals surface area contributed by atoms with Crippen molar-refractivity contribution in [2.45, 2.75) is 33.6 Å². The molecule has 2 rings (SSSR count). The molecule has 1 aromatic heterocycles. The second-order valence-corrected chi connectivity index (χ2v) is 5.12. The molecular weight excluding hydrogens is 236 g/mol. The van der Waals surface area contributed by atoms with E-state index in [9.17, 15) is 0 Å². The largest absolute Gasteiger partial charge is 0.308 e. The van der Waals surface area contributed by atoms with Crippen LogP contribution in [0.25, 0.3) is 11.4 Å². The van der Waals surface area contributed by atoms with Gasteiger partial charge in [-0.25, -0.2) is 15.8 Å². The number of nitrogens with one attached hydrogen (secondary N) is 1. The van der Waals surface area contributed by atoms with Crippen molar-refractivity contribution in [1.82, 2.24) is 9.97 Å². The molecule has 0 aliphatic carbocycles. The Morgan fingerprint density at radius 1 is 1.11 bits per heavy atom. The van der Waals surface area contributed by atoms with Gasteiger partial charge in [0.15, 0.2) is 5.82 Å². The maximum atomic E-state index is 5.49. The number of hydrogen-bond acceptors (Lipinski definition) is 4. The first-order chi connectivity index (χ1) is 9.01. The molecule has 4 heteroatoms.